The highest BCUT2D eigenvalue weighted by Crippen LogP contribution is 2.40. The molecule has 5 nitrogen and oxygen atoms in total. The molecule has 0 radical (unpaired) electrons. The highest BCUT2D eigenvalue weighted by Gasteiger charge is 2.16. The molecule has 0 aromatic heterocycles. The van der Waals surface area contributed by atoms with E-state index in [0.717, 1.165) is 0 Å². The van der Waals surface area contributed by atoms with E-state index in [0.29, 0.717) is 20.3 Å². The van der Waals surface area contributed by atoms with Crippen LogP contribution in [-0.2, 0) is 6.54 Å². The number of benzene rings is 2. The smallest absolute Gasteiger partial charge is 0.271 e. The minimum absolute atomic E-state index is 0.0945. The third-order valence-electron chi connectivity index (χ3n) is 2.58. The maximum Gasteiger partial charge on any atom is 0.271 e. The summed E-state index contributed by atoms with van der Waals surface area (Å²) in [5.74, 6) is 0.0991. The second-order valence-electron chi connectivity index (χ2n) is 4.10. The van der Waals surface area contributed by atoms with Crippen LogP contribution in [0.3, 0.4) is 0 Å². The molecule has 8 heteroatoms. The molecule has 0 amide bonds. The molecule has 2 N–H and O–H groups in total. The van der Waals surface area contributed by atoms with Gasteiger partial charge in [-0.15, -0.1) is 0 Å². The van der Waals surface area contributed by atoms with Gasteiger partial charge in [-0.2, -0.15) is 0 Å². The van der Waals surface area contributed by atoms with Crippen molar-refractivity contribution in [1.82, 2.24) is 0 Å². The van der Waals surface area contributed by atoms with Crippen LogP contribution >= 0.6 is 31.9 Å². The lowest BCUT2D eigenvalue weighted by atomic mass is 10.2. The van der Waals surface area contributed by atoms with Crippen LogP contribution in [0.2, 0.25) is 0 Å². The van der Waals surface area contributed by atoms with E-state index in [1.165, 1.54) is 24.3 Å². The molecule has 0 saturated carbocycles. The molecule has 0 saturated heterocycles. The summed E-state index contributed by atoms with van der Waals surface area (Å²) in [4.78, 5) is 10.2. The van der Waals surface area contributed by atoms with Gasteiger partial charge in [-0.1, -0.05) is 0 Å². The van der Waals surface area contributed by atoms with Crippen molar-refractivity contribution in [1.29, 1.82) is 0 Å². The Balaban J connectivity index is 2.40. The molecule has 0 aliphatic heterocycles. The minimum atomic E-state index is -0.520. The Hall–Kier alpha value is -1.51. The topological polar surface area (TPSA) is 78.4 Å². The summed E-state index contributed by atoms with van der Waals surface area (Å²) in [6.07, 6.45) is 0. The average Bonchev–Trinajstić information content (AvgIpc) is 2.41. The van der Waals surface area contributed by atoms with Gasteiger partial charge in [0.05, 0.1) is 13.9 Å². The maximum absolute atomic E-state index is 13.4. The fourth-order valence-corrected chi connectivity index (χ4v) is 2.99. The highest BCUT2D eigenvalue weighted by atomic mass is 79.9. The zero-order valence-corrected chi connectivity index (χ0v) is 13.6. The van der Waals surface area contributed by atoms with Gasteiger partial charge in [0.2, 0.25) is 0 Å². The van der Waals surface area contributed by atoms with Gasteiger partial charge in [0, 0.05) is 24.7 Å². The van der Waals surface area contributed by atoms with Crippen LogP contribution in [0.5, 0.6) is 11.5 Å². The first kappa shape index (κ1) is 15.9. The Bertz CT molecular complexity index is 687. The molecule has 0 aliphatic rings. The Morgan fingerprint density at radius 3 is 2.33 bits per heavy atom. The van der Waals surface area contributed by atoms with Crippen molar-refractivity contribution < 1.29 is 14.1 Å². The molecule has 2 aromatic carbocycles. The number of hydrogen-bond donors (Lipinski definition) is 1. The van der Waals surface area contributed by atoms with E-state index in [2.05, 4.69) is 31.9 Å². The Morgan fingerprint density at radius 1 is 1.19 bits per heavy atom. The van der Waals surface area contributed by atoms with Crippen LogP contribution in [0.25, 0.3) is 0 Å². The average molecular weight is 420 g/mol. The Morgan fingerprint density at radius 2 is 1.81 bits per heavy atom. The van der Waals surface area contributed by atoms with E-state index in [1.54, 1.807) is 6.07 Å². The molecule has 2 aromatic rings. The van der Waals surface area contributed by atoms with Gasteiger partial charge in [0.25, 0.3) is 5.69 Å². The number of hydrogen-bond acceptors (Lipinski definition) is 4. The van der Waals surface area contributed by atoms with Crippen molar-refractivity contribution in [3.8, 4) is 11.5 Å². The summed E-state index contributed by atoms with van der Waals surface area (Å²) in [7, 11) is 0. The quantitative estimate of drug-likeness (QED) is 0.584. The van der Waals surface area contributed by atoms with Gasteiger partial charge >= 0.3 is 0 Å². The lowest BCUT2D eigenvalue weighted by molar-refractivity contribution is -0.385. The first-order chi connectivity index (χ1) is 9.90. The van der Waals surface area contributed by atoms with Crippen molar-refractivity contribution in [3.05, 3.63) is 60.8 Å². The van der Waals surface area contributed by atoms with E-state index < -0.39 is 10.7 Å². The van der Waals surface area contributed by atoms with Gasteiger partial charge < -0.3 is 10.5 Å². The monoisotopic (exact) mass is 418 g/mol. The van der Waals surface area contributed by atoms with Crippen molar-refractivity contribution in [2.75, 3.05) is 0 Å². The molecule has 2 rings (SSSR count). The predicted octanol–water partition coefficient (Wildman–Crippen LogP) is 4.51. The summed E-state index contributed by atoms with van der Waals surface area (Å²) in [5, 5.41) is 10.8. The number of nitrogens with two attached hydrogens (primary N) is 1. The normalized spacial score (nSPS) is 10.5. The number of rotatable bonds is 4. The summed E-state index contributed by atoms with van der Waals surface area (Å²) in [6.45, 7) is 0.177. The van der Waals surface area contributed by atoms with E-state index in [9.17, 15) is 14.5 Å². The van der Waals surface area contributed by atoms with Crippen LogP contribution in [0.15, 0.2) is 39.3 Å². The summed E-state index contributed by atoms with van der Waals surface area (Å²) in [6, 6.07) is 6.74. The Labute approximate surface area is 136 Å². The van der Waals surface area contributed by atoms with E-state index >= 15 is 0 Å². The zero-order valence-electron chi connectivity index (χ0n) is 10.5. The molecule has 0 bridgehead atoms. The number of halogens is 3. The number of non-ortho nitro benzene ring substituents is 1. The number of nitro groups is 1. The fourth-order valence-electron chi connectivity index (χ4n) is 1.66. The van der Waals surface area contributed by atoms with Crippen molar-refractivity contribution >= 4 is 37.5 Å². The predicted molar refractivity (Wildman–Crippen MR) is 82.9 cm³/mol. The molecule has 110 valence electrons. The number of nitrogens with zero attached hydrogens (tertiary/aromatic N) is 1. The molecule has 0 aliphatic carbocycles. The largest absolute Gasteiger partial charge is 0.455 e. The van der Waals surface area contributed by atoms with Gasteiger partial charge in [-0.3, -0.25) is 10.1 Å². The van der Waals surface area contributed by atoms with Crippen molar-refractivity contribution in [2.24, 2.45) is 5.73 Å². The lowest BCUT2D eigenvalue weighted by Crippen LogP contribution is -1.98. The first-order valence-electron chi connectivity index (χ1n) is 5.71. The molecule has 0 heterocycles. The number of nitro benzene ring substituents is 1. The maximum atomic E-state index is 13.4. The Kier molecular flexibility index (Phi) is 4.92. The van der Waals surface area contributed by atoms with Crippen molar-refractivity contribution in [3.63, 3.8) is 0 Å². The molecule has 0 atom stereocenters. The molecule has 0 spiro atoms. The zero-order chi connectivity index (χ0) is 15.6. The van der Waals surface area contributed by atoms with E-state index in [4.69, 9.17) is 10.5 Å². The molecular formula is C13H9Br2FN2O3. The molecular weight excluding hydrogens is 411 g/mol. The standard InChI is InChI=1S/C13H9Br2FN2O3/c14-11-4-9(18(19)20)5-12(15)13(11)21-10-2-7(6-17)1-8(16)3-10/h1-5H,6,17H2. The van der Waals surface area contributed by atoms with Crippen molar-refractivity contribution in [2.45, 2.75) is 6.54 Å². The van der Waals surface area contributed by atoms with Gasteiger partial charge in [0.15, 0.2) is 5.75 Å². The van der Waals surface area contributed by atoms with Crippen LogP contribution in [0.1, 0.15) is 5.56 Å². The number of ether oxygens (including phenoxy) is 1. The summed E-state index contributed by atoms with van der Waals surface area (Å²) < 4.78 is 19.8. The third-order valence-corrected chi connectivity index (χ3v) is 3.76. The highest BCUT2D eigenvalue weighted by molar-refractivity contribution is 9.11. The first-order valence-corrected chi connectivity index (χ1v) is 7.30. The van der Waals surface area contributed by atoms with Crippen LogP contribution in [-0.4, -0.2) is 4.92 Å². The van der Waals surface area contributed by atoms with Gasteiger partial charge in [-0.05, 0) is 49.6 Å². The van der Waals surface area contributed by atoms with Crippen LogP contribution in [0.4, 0.5) is 10.1 Å². The fraction of sp³-hybridized carbons (Fsp3) is 0.0769. The summed E-state index contributed by atoms with van der Waals surface area (Å²) >= 11 is 6.40. The van der Waals surface area contributed by atoms with Crippen LogP contribution < -0.4 is 10.5 Å². The van der Waals surface area contributed by atoms with E-state index in [-0.39, 0.29) is 18.0 Å². The molecule has 21 heavy (non-hydrogen) atoms. The van der Waals surface area contributed by atoms with Gasteiger partial charge in [0.1, 0.15) is 11.6 Å². The summed E-state index contributed by atoms with van der Waals surface area (Å²) in [5.41, 5.74) is 5.97. The third kappa shape index (κ3) is 3.78. The minimum Gasteiger partial charge on any atom is -0.455 e. The second kappa shape index (κ2) is 6.50. The second-order valence-corrected chi connectivity index (χ2v) is 5.81. The molecule has 0 unspecified atom stereocenters. The SMILES string of the molecule is NCc1cc(F)cc(Oc2c(Br)cc([N+](=O)[O-])cc2Br)c1. The lowest BCUT2D eigenvalue weighted by Gasteiger charge is -2.11. The van der Waals surface area contributed by atoms with Crippen LogP contribution in [0, 0.1) is 15.9 Å². The van der Waals surface area contributed by atoms with E-state index in [1.807, 2.05) is 0 Å². The van der Waals surface area contributed by atoms with Gasteiger partial charge in [-0.25, -0.2) is 4.39 Å². The molecule has 0 fully saturated rings.